The Bertz CT molecular complexity index is 369. The fourth-order valence-electron chi connectivity index (χ4n) is 1.89. The second-order valence-corrected chi connectivity index (χ2v) is 6.50. The Labute approximate surface area is 108 Å². The van der Waals surface area contributed by atoms with Gasteiger partial charge in [0, 0.05) is 31.1 Å². The third-order valence-electron chi connectivity index (χ3n) is 2.98. The summed E-state index contributed by atoms with van der Waals surface area (Å²) >= 11 is 1.83. The van der Waals surface area contributed by atoms with Crippen LogP contribution in [0.5, 0.6) is 0 Å². The summed E-state index contributed by atoms with van der Waals surface area (Å²) in [7, 11) is 2.14. The molecule has 1 saturated carbocycles. The van der Waals surface area contributed by atoms with Crippen LogP contribution in [-0.4, -0.2) is 24.6 Å². The predicted molar refractivity (Wildman–Crippen MR) is 74.8 cm³/mol. The largest absolute Gasteiger partial charge is 0.351 e. The van der Waals surface area contributed by atoms with E-state index in [4.69, 9.17) is 0 Å². The van der Waals surface area contributed by atoms with Crippen LogP contribution in [0.2, 0.25) is 0 Å². The molecule has 0 aromatic carbocycles. The standard InChI is InChI=1S/C13H23N3S/c1-9(2)8-16(4)13-15-10(3)12(17-13)7-14-11-5-6-11/h9,11,14H,5-8H2,1-4H3. The van der Waals surface area contributed by atoms with Crippen molar-refractivity contribution in [2.75, 3.05) is 18.5 Å². The second-order valence-electron chi connectivity index (χ2n) is 5.43. The Morgan fingerprint density at radius 2 is 2.18 bits per heavy atom. The number of thiazole rings is 1. The van der Waals surface area contributed by atoms with Gasteiger partial charge in [-0.2, -0.15) is 0 Å². The molecule has 3 nitrogen and oxygen atoms in total. The van der Waals surface area contributed by atoms with Crippen molar-refractivity contribution in [1.82, 2.24) is 10.3 Å². The number of aryl methyl sites for hydroxylation is 1. The molecule has 0 spiro atoms. The maximum Gasteiger partial charge on any atom is 0.185 e. The lowest BCUT2D eigenvalue weighted by Crippen LogP contribution is -2.22. The van der Waals surface area contributed by atoms with E-state index < -0.39 is 0 Å². The number of anilines is 1. The summed E-state index contributed by atoms with van der Waals surface area (Å²) in [5.74, 6) is 0.678. The van der Waals surface area contributed by atoms with Crippen molar-refractivity contribution in [2.24, 2.45) is 5.92 Å². The molecule has 2 rings (SSSR count). The quantitative estimate of drug-likeness (QED) is 0.845. The van der Waals surface area contributed by atoms with E-state index in [0.717, 1.165) is 24.3 Å². The molecule has 0 saturated heterocycles. The molecule has 17 heavy (non-hydrogen) atoms. The van der Waals surface area contributed by atoms with E-state index in [1.807, 2.05) is 11.3 Å². The Morgan fingerprint density at radius 1 is 1.47 bits per heavy atom. The van der Waals surface area contributed by atoms with E-state index in [1.54, 1.807) is 0 Å². The first-order valence-corrected chi connectivity index (χ1v) is 7.28. The molecule has 96 valence electrons. The molecule has 0 aliphatic heterocycles. The van der Waals surface area contributed by atoms with Gasteiger partial charge in [-0.1, -0.05) is 13.8 Å². The van der Waals surface area contributed by atoms with Crippen LogP contribution in [0.4, 0.5) is 5.13 Å². The topological polar surface area (TPSA) is 28.2 Å². The van der Waals surface area contributed by atoms with Gasteiger partial charge >= 0.3 is 0 Å². The van der Waals surface area contributed by atoms with Gasteiger partial charge in [-0.3, -0.25) is 0 Å². The molecule has 0 atom stereocenters. The van der Waals surface area contributed by atoms with Crippen molar-refractivity contribution >= 4 is 16.5 Å². The monoisotopic (exact) mass is 253 g/mol. The minimum Gasteiger partial charge on any atom is -0.351 e. The SMILES string of the molecule is Cc1nc(N(C)CC(C)C)sc1CNC1CC1. The lowest BCUT2D eigenvalue weighted by atomic mass is 10.2. The van der Waals surface area contributed by atoms with Gasteiger partial charge in [0.1, 0.15) is 0 Å². The average Bonchev–Trinajstić information content (AvgIpc) is 2.99. The molecular weight excluding hydrogens is 230 g/mol. The van der Waals surface area contributed by atoms with E-state index in [1.165, 1.54) is 23.4 Å². The first-order valence-electron chi connectivity index (χ1n) is 6.47. The van der Waals surface area contributed by atoms with Crippen molar-refractivity contribution in [1.29, 1.82) is 0 Å². The smallest absolute Gasteiger partial charge is 0.185 e. The van der Waals surface area contributed by atoms with Crippen LogP contribution < -0.4 is 10.2 Å². The van der Waals surface area contributed by atoms with Crippen molar-refractivity contribution in [3.8, 4) is 0 Å². The summed E-state index contributed by atoms with van der Waals surface area (Å²) in [6, 6.07) is 0.772. The average molecular weight is 253 g/mol. The van der Waals surface area contributed by atoms with E-state index in [2.05, 4.69) is 43.0 Å². The Kier molecular flexibility index (Phi) is 4.05. The molecule has 1 aromatic rings. The molecule has 1 aromatic heterocycles. The van der Waals surface area contributed by atoms with Crippen molar-refractivity contribution < 1.29 is 0 Å². The molecule has 1 fully saturated rings. The molecule has 1 aliphatic carbocycles. The first-order chi connectivity index (χ1) is 8.06. The number of hydrogen-bond acceptors (Lipinski definition) is 4. The van der Waals surface area contributed by atoms with Crippen LogP contribution in [0.3, 0.4) is 0 Å². The minimum absolute atomic E-state index is 0.678. The summed E-state index contributed by atoms with van der Waals surface area (Å²) in [5.41, 5.74) is 1.19. The Morgan fingerprint density at radius 3 is 2.76 bits per heavy atom. The van der Waals surface area contributed by atoms with E-state index in [9.17, 15) is 0 Å². The van der Waals surface area contributed by atoms with Gasteiger partial charge in [-0.05, 0) is 25.7 Å². The lowest BCUT2D eigenvalue weighted by molar-refractivity contribution is 0.637. The Hall–Kier alpha value is -0.610. The number of nitrogens with zero attached hydrogens (tertiary/aromatic N) is 2. The zero-order chi connectivity index (χ0) is 12.4. The van der Waals surface area contributed by atoms with Gasteiger partial charge in [-0.15, -0.1) is 11.3 Å². The minimum atomic E-state index is 0.678. The van der Waals surface area contributed by atoms with Gasteiger partial charge in [0.2, 0.25) is 0 Å². The molecule has 0 bridgehead atoms. The molecule has 1 N–H and O–H groups in total. The molecule has 0 radical (unpaired) electrons. The van der Waals surface area contributed by atoms with Crippen LogP contribution in [0.15, 0.2) is 0 Å². The van der Waals surface area contributed by atoms with E-state index in [-0.39, 0.29) is 0 Å². The van der Waals surface area contributed by atoms with Crippen molar-refractivity contribution in [2.45, 2.75) is 46.2 Å². The van der Waals surface area contributed by atoms with Gasteiger partial charge in [0.15, 0.2) is 5.13 Å². The van der Waals surface area contributed by atoms with Crippen molar-refractivity contribution in [3.05, 3.63) is 10.6 Å². The highest BCUT2D eigenvalue weighted by Gasteiger charge is 2.21. The fourth-order valence-corrected chi connectivity index (χ4v) is 2.87. The zero-order valence-electron chi connectivity index (χ0n) is 11.3. The number of nitrogens with one attached hydrogen (secondary N) is 1. The number of hydrogen-bond donors (Lipinski definition) is 1. The highest BCUT2D eigenvalue weighted by atomic mass is 32.1. The second kappa shape index (κ2) is 5.36. The fraction of sp³-hybridized carbons (Fsp3) is 0.769. The van der Waals surface area contributed by atoms with E-state index >= 15 is 0 Å². The predicted octanol–water partition coefficient (Wildman–Crippen LogP) is 2.80. The molecule has 1 heterocycles. The van der Waals surface area contributed by atoms with Crippen LogP contribution >= 0.6 is 11.3 Å². The molecular formula is C13H23N3S. The molecule has 1 aliphatic rings. The van der Waals surface area contributed by atoms with Crippen LogP contribution in [0, 0.1) is 12.8 Å². The van der Waals surface area contributed by atoms with Crippen LogP contribution in [0.25, 0.3) is 0 Å². The van der Waals surface area contributed by atoms with Gasteiger partial charge in [0.25, 0.3) is 0 Å². The summed E-state index contributed by atoms with van der Waals surface area (Å²) in [6.07, 6.45) is 2.69. The lowest BCUT2D eigenvalue weighted by Gasteiger charge is -2.17. The maximum absolute atomic E-state index is 4.67. The normalized spacial score (nSPS) is 15.6. The van der Waals surface area contributed by atoms with E-state index in [0.29, 0.717) is 5.92 Å². The summed E-state index contributed by atoms with van der Waals surface area (Å²) in [6.45, 7) is 8.66. The van der Waals surface area contributed by atoms with Crippen LogP contribution in [0.1, 0.15) is 37.3 Å². The van der Waals surface area contributed by atoms with Gasteiger partial charge in [-0.25, -0.2) is 4.98 Å². The number of rotatable bonds is 6. The maximum atomic E-state index is 4.67. The summed E-state index contributed by atoms with van der Waals surface area (Å²) in [5, 5.41) is 4.71. The van der Waals surface area contributed by atoms with Gasteiger partial charge < -0.3 is 10.2 Å². The van der Waals surface area contributed by atoms with Crippen LogP contribution in [-0.2, 0) is 6.54 Å². The Balaban J connectivity index is 1.95. The van der Waals surface area contributed by atoms with Crippen molar-refractivity contribution in [3.63, 3.8) is 0 Å². The highest BCUT2D eigenvalue weighted by molar-refractivity contribution is 7.15. The first kappa shape index (κ1) is 12.8. The molecule has 0 amide bonds. The highest BCUT2D eigenvalue weighted by Crippen LogP contribution is 2.27. The number of aromatic nitrogens is 1. The summed E-state index contributed by atoms with van der Waals surface area (Å²) in [4.78, 5) is 8.32. The van der Waals surface area contributed by atoms with Gasteiger partial charge in [0.05, 0.1) is 5.69 Å². The molecule has 4 heteroatoms. The third kappa shape index (κ3) is 3.68. The third-order valence-corrected chi connectivity index (χ3v) is 4.25. The molecule has 0 unspecified atom stereocenters. The zero-order valence-corrected chi connectivity index (χ0v) is 12.1. The summed E-state index contributed by atoms with van der Waals surface area (Å²) < 4.78 is 0.